The van der Waals surface area contributed by atoms with Crippen molar-refractivity contribution in [1.29, 1.82) is 0 Å². The summed E-state index contributed by atoms with van der Waals surface area (Å²) in [7, 11) is 1.35. The number of para-hydroxylation sites is 1. The van der Waals surface area contributed by atoms with Crippen molar-refractivity contribution in [2.75, 3.05) is 7.11 Å². The van der Waals surface area contributed by atoms with Gasteiger partial charge in [-0.15, -0.1) is 0 Å². The number of alkyl halides is 3. The van der Waals surface area contributed by atoms with E-state index in [0.717, 1.165) is 0 Å². The summed E-state index contributed by atoms with van der Waals surface area (Å²) in [6.45, 7) is 3.12. The Bertz CT molecular complexity index is 691. The molecule has 0 aliphatic rings. The zero-order valence-corrected chi connectivity index (χ0v) is 15.0. The molecule has 2 atom stereocenters. The molecule has 0 fully saturated rings. The van der Waals surface area contributed by atoms with Gasteiger partial charge in [-0.2, -0.15) is 13.2 Å². The van der Waals surface area contributed by atoms with Crippen LogP contribution in [0, 0.1) is 5.92 Å². The smallest absolute Gasteiger partial charge is 0.391 e. The summed E-state index contributed by atoms with van der Waals surface area (Å²) in [6, 6.07) is 2.80. The fraction of sp³-hybridized carbons (Fsp3) is 0.471. The Morgan fingerprint density at radius 1 is 1.15 bits per heavy atom. The van der Waals surface area contributed by atoms with E-state index in [1.165, 1.54) is 19.2 Å². The average Bonchev–Trinajstić information content (AvgIpc) is 2.57. The number of halogens is 3. The van der Waals surface area contributed by atoms with Crippen LogP contribution in [-0.2, 0) is 9.59 Å². The Morgan fingerprint density at radius 2 is 1.74 bits per heavy atom. The monoisotopic (exact) mass is 390 g/mol. The van der Waals surface area contributed by atoms with Crippen LogP contribution in [-0.4, -0.2) is 48.3 Å². The van der Waals surface area contributed by atoms with Crippen molar-refractivity contribution in [1.82, 2.24) is 10.6 Å². The largest absolute Gasteiger partial charge is 0.496 e. The first-order valence-corrected chi connectivity index (χ1v) is 8.00. The van der Waals surface area contributed by atoms with Crippen LogP contribution in [0.4, 0.5) is 13.2 Å². The minimum absolute atomic E-state index is 0.128. The van der Waals surface area contributed by atoms with Gasteiger partial charge in [-0.05, 0) is 18.1 Å². The van der Waals surface area contributed by atoms with E-state index >= 15 is 0 Å². The number of rotatable bonds is 8. The maximum Gasteiger partial charge on any atom is 0.391 e. The predicted molar refractivity (Wildman–Crippen MR) is 89.3 cm³/mol. The van der Waals surface area contributed by atoms with Gasteiger partial charge >= 0.3 is 12.1 Å². The topological polar surface area (TPSA) is 105 Å². The Balaban J connectivity index is 2.95. The third-order valence-corrected chi connectivity index (χ3v) is 3.64. The molecule has 2 unspecified atom stereocenters. The number of methoxy groups -OCH3 is 1. The van der Waals surface area contributed by atoms with E-state index in [1.807, 2.05) is 5.32 Å². The minimum Gasteiger partial charge on any atom is -0.496 e. The number of carboxylic acids is 1. The maximum atomic E-state index is 12.5. The molecule has 0 aliphatic heterocycles. The Labute approximate surface area is 153 Å². The molecule has 0 saturated heterocycles. The molecule has 0 radical (unpaired) electrons. The highest BCUT2D eigenvalue weighted by Gasteiger charge is 2.38. The third kappa shape index (κ3) is 6.80. The van der Waals surface area contributed by atoms with E-state index in [1.54, 1.807) is 26.0 Å². The van der Waals surface area contributed by atoms with Crippen LogP contribution in [0.3, 0.4) is 0 Å². The van der Waals surface area contributed by atoms with Gasteiger partial charge in [0.05, 0.1) is 19.1 Å². The molecule has 7 nitrogen and oxygen atoms in total. The van der Waals surface area contributed by atoms with Crippen molar-refractivity contribution in [3.05, 3.63) is 29.8 Å². The van der Waals surface area contributed by atoms with Gasteiger partial charge in [0.2, 0.25) is 5.91 Å². The van der Waals surface area contributed by atoms with Gasteiger partial charge in [-0.3, -0.25) is 9.59 Å². The normalized spacial score (nSPS) is 13.6. The van der Waals surface area contributed by atoms with E-state index in [0.29, 0.717) is 0 Å². The summed E-state index contributed by atoms with van der Waals surface area (Å²) in [6.07, 6.45) is -6.50. The van der Waals surface area contributed by atoms with Gasteiger partial charge in [0.15, 0.2) is 0 Å². The van der Waals surface area contributed by atoms with E-state index in [9.17, 15) is 27.6 Å². The van der Waals surface area contributed by atoms with Crippen LogP contribution in [0.5, 0.6) is 5.75 Å². The van der Waals surface area contributed by atoms with Crippen molar-refractivity contribution in [3.8, 4) is 5.75 Å². The van der Waals surface area contributed by atoms with Crippen molar-refractivity contribution < 1.29 is 37.4 Å². The van der Waals surface area contributed by atoms with Crippen molar-refractivity contribution in [3.63, 3.8) is 0 Å². The number of amides is 2. The van der Waals surface area contributed by atoms with Crippen molar-refractivity contribution in [2.45, 2.75) is 38.5 Å². The van der Waals surface area contributed by atoms with E-state index < -0.39 is 48.4 Å². The second-order valence-corrected chi connectivity index (χ2v) is 6.11. The lowest BCUT2D eigenvalue weighted by atomic mass is 10.0. The molecule has 2 amide bonds. The fourth-order valence-electron chi connectivity index (χ4n) is 2.28. The lowest BCUT2D eigenvalue weighted by Crippen LogP contribution is -2.54. The Kier molecular flexibility index (Phi) is 7.62. The van der Waals surface area contributed by atoms with Crippen LogP contribution in [0.15, 0.2) is 24.3 Å². The second-order valence-electron chi connectivity index (χ2n) is 6.11. The Hall–Kier alpha value is -2.78. The number of hydrogen-bond donors (Lipinski definition) is 3. The van der Waals surface area contributed by atoms with E-state index in [2.05, 4.69) is 5.32 Å². The molecule has 0 spiro atoms. The number of benzene rings is 1. The number of nitrogens with one attached hydrogen (secondary N) is 2. The van der Waals surface area contributed by atoms with Gasteiger partial charge < -0.3 is 20.5 Å². The summed E-state index contributed by atoms with van der Waals surface area (Å²) in [5.74, 6) is -3.78. The molecule has 1 aromatic carbocycles. The fourth-order valence-corrected chi connectivity index (χ4v) is 2.28. The Morgan fingerprint density at radius 3 is 2.22 bits per heavy atom. The number of aliphatic carboxylic acids is 1. The molecule has 3 N–H and O–H groups in total. The molecule has 0 saturated carbocycles. The molecule has 27 heavy (non-hydrogen) atoms. The number of carbonyl (C=O) groups is 3. The summed E-state index contributed by atoms with van der Waals surface area (Å²) in [5, 5.41) is 13.2. The molecule has 1 rings (SSSR count). The highest BCUT2D eigenvalue weighted by Crippen LogP contribution is 2.22. The van der Waals surface area contributed by atoms with E-state index in [-0.39, 0.29) is 11.3 Å². The summed E-state index contributed by atoms with van der Waals surface area (Å²) >= 11 is 0. The van der Waals surface area contributed by atoms with Gasteiger partial charge in [0, 0.05) is 0 Å². The van der Waals surface area contributed by atoms with Crippen LogP contribution in [0.2, 0.25) is 0 Å². The summed E-state index contributed by atoms with van der Waals surface area (Å²) in [4.78, 5) is 35.8. The average molecular weight is 390 g/mol. The van der Waals surface area contributed by atoms with Crippen LogP contribution in [0.1, 0.15) is 30.6 Å². The molecule has 0 heterocycles. The second kappa shape index (κ2) is 9.24. The zero-order valence-electron chi connectivity index (χ0n) is 15.0. The standard InChI is InChI=1S/C17H21F3N2O5/c1-9(2)13(15(24)21-11(16(25)26)8-17(18,19)20)22-14(23)10-6-4-5-7-12(10)27-3/h4-7,9,11,13H,8H2,1-3H3,(H,21,24)(H,22,23)(H,25,26). The molecule has 150 valence electrons. The lowest BCUT2D eigenvalue weighted by Gasteiger charge is -2.24. The third-order valence-electron chi connectivity index (χ3n) is 3.64. The van der Waals surface area contributed by atoms with E-state index in [4.69, 9.17) is 9.84 Å². The van der Waals surface area contributed by atoms with Gasteiger partial charge in [0.25, 0.3) is 5.91 Å². The van der Waals surface area contributed by atoms with Gasteiger partial charge in [-0.1, -0.05) is 26.0 Å². The molecular formula is C17H21F3N2O5. The van der Waals surface area contributed by atoms with Crippen LogP contribution in [0.25, 0.3) is 0 Å². The molecule has 1 aromatic rings. The summed E-state index contributed by atoms with van der Waals surface area (Å²) < 4.78 is 42.5. The maximum absolute atomic E-state index is 12.5. The van der Waals surface area contributed by atoms with Crippen LogP contribution >= 0.6 is 0 Å². The highest BCUT2D eigenvalue weighted by atomic mass is 19.4. The van der Waals surface area contributed by atoms with Gasteiger partial charge in [-0.25, -0.2) is 4.79 Å². The highest BCUT2D eigenvalue weighted by molar-refractivity contribution is 6.00. The lowest BCUT2D eigenvalue weighted by molar-refractivity contribution is -0.160. The van der Waals surface area contributed by atoms with Crippen LogP contribution < -0.4 is 15.4 Å². The number of carbonyl (C=O) groups excluding carboxylic acids is 2. The first kappa shape index (κ1) is 22.3. The summed E-state index contributed by atoms with van der Waals surface area (Å²) in [5.41, 5.74) is 0.128. The van der Waals surface area contributed by atoms with Crippen molar-refractivity contribution >= 4 is 17.8 Å². The first-order chi connectivity index (χ1) is 12.5. The quantitative estimate of drug-likeness (QED) is 0.630. The molecule has 0 bridgehead atoms. The SMILES string of the molecule is COc1ccccc1C(=O)NC(C(=O)NC(CC(F)(F)F)C(=O)O)C(C)C. The molecule has 10 heteroatoms. The van der Waals surface area contributed by atoms with Gasteiger partial charge in [0.1, 0.15) is 17.8 Å². The molecular weight excluding hydrogens is 369 g/mol. The number of carboxylic acid groups (broad SMARTS) is 1. The minimum atomic E-state index is -4.77. The first-order valence-electron chi connectivity index (χ1n) is 8.00. The molecule has 0 aromatic heterocycles. The zero-order chi connectivity index (χ0) is 20.8. The number of ether oxygens (including phenoxy) is 1. The van der Waals surface area contributed by atoms with Crippen molar-refractivity contribution in [2.24, 2.45) is 5.92 Å². The molecule has 0 aliphatic carbocycles. The predicted octanol–water partition coefficient (Wildman–Crippen LogP) is 1.97. The number of hydrogen-bond acceptors (Lipinski definition) is 4.